The van der Waals surface area contributed by atoms with E-state index in [1.807, 2.05) is 57.7 Å². The number of aryl methyl sites for hydroxylation is 1. The van der Waals surface area contributed by atoms with E-state index in [1.165, 1.54) is 6.42 Å². The van der Waals surface area contributed by atoms with Gasteiger partial charge in [-0.3, -0.25) is 0 Å². The number of nitrogens with zero attached hydrogens (tertiary/aromatic N) is 1. The lowest BCUT2D eigenvalue weighted by Gasteiger charge is -2.32. The standard InChI is InChI=1S/C19H29BN2O3/c1-14-13-15(20-24-18(2,3)19(4,5)25-20)9-10-16(14)21-17(23)22-11-7-6-8-12-22/h9-10,13H,6-8,11-12H2,1-5H3,(H,21,23). The monoisotopic (exact) mass is 344 g/mol. The lowest BCUT2D eigenvalue weighted by atomic mass is 9.78. The molecule has 1 aromatic rings. The van der Waals surface area contributed by atoms with E-state index >= 15 is 0 Å². The van der Waals surface area contributed by atoms with Crippen molar-refractivity contribution >= 4 is 24.3 Å². The van der Waals surface area contributed by atoms with Crippen molar-refractivity contribution in [1.82, 2.24) is 4.90 Å². The van der Waals surface area contributed by atoms with E-state index in [0.29, 0.717) is 0 Å². The summed E-state index contributed by atoms with van der Waals surface area (Å²) < 4.78 is 12.2. The molecule has 0 saturated carbocycles. The van der Waals surface area contributed by atoms with E-state index in [2.05, 4.69) is 5.32 Å². The first-order valence-electron chi connectivity index (χ1n) is 9.22. The number of urea groups is 1. The molecule has 5 nitrogen and oxygen atoms in total. The van der Waals surface area contributed by atoms with Crippen LogP contribution in [0.1, 0.15) is 52.5 Å². The summed E-state index contributed by atoms with van der Waals surface area (Å²) in [7, 11) is -0.379. The van der Waals surface area contributed by atoms with Crippen LogP contribution >= 0.6 is 0 Å². The highest BCUT2D eigenvalue weighted by molar-refractivity contribution is 6.62. The number of amides is 2. The Kier molecular flexibility index (Phi) is 4.86. The highest BCUT2D eigenvalue weighted by Gasteiger charge is 2.51. The van der Waals surface area contributed by atoms with Crippen LogP contribution in [0.4, 0.5) is 10.5 Å². The summed E-state index contributed by atoms with van der Waals surface area (Å²) in [5, 5.41) is 3.04. The van der Waals surface area contributed by atoms with E-state index in [1.54, 1.807) is 0 Å². The van der Waals surface area contributed by atoms with Gasteiger partial charge in [-0.2, -0.15) is 0 Å². The minimum absolute atomic E-state index is 0.00816. The fourth-order valence-electron chi connectivity index (χ4n) is 3.24. The van der Waals surface area contributed by atoms with Gasteiger partial charge in [0.1, 0.15) is 0 Å². The molecule has 136 valence electrons. The molecule has 0 spiro atoms. The molecule has 2 aliphatic rings. The first kappa shape index (κ1) is 18.3. The van der Waals surface area contributed by atoms with Crippen LogP contribution in [-0.2, 0) is 9.31 Å². The van der Waals surface area contributed by atoms with Gasteiger partial charge in [-0.15, -0.1) is 0 Å². The smallest absolute Gasteiger partial charge is 0.399 e. The van der Waals surface area contributed by atoms with Gasteiger partial charge in [0.05, 0.1) is 11.2 Å². The summed E-state index contributed by atoms with van der Waals surface area (Å²) in [5.74, 6) is 0. The average molecular weight is 344 g/mol. The number of carbonyl (C=O) groups excluding carboxylic acids is 1. The van der Waals surface area contributed by atoms with Crippen LogP contribution in [-0.4, -0.2) is 42.3 Å². The maximum atomic E-state index is 12.4. The summed E-state index contributed by atoms with van der Waals surface area (Å²) in [6.45, 7) is 11.9. The summed E-state index contributed by atoms with van der Waals surface area (Å²) in [5.41, 5.74) is 2.12. The number of anilines is 1. The van der Waals surface area contributed by atoms with Crippen molar-refractivity contribution in [2.75, 3.05) is 18.4 Å². The quantitative estimate of drug-likeness (QED) is 0.838. The predicted molar refractivity (Wildman–Crippen MR) is 101 cm³/mol. The Balaban J connectivity index is 1.70. The minimum Gasteiger partial charge on any atom is -0.399 e. The average Bonchev–Trinajstić information content (AvgIpc) is 2.78. The van der Waals surface area contributed by atoms with Crippen LogP contribution < -0.4 is 10.8 Å². The molecular weight excluding hydrogens is 315 g/mol. The van der Waals surface area contributed by atoms with Crippen molar-refractivity contribution in [1.29, 1.82) is 0 Å². The lowest BCUT2D eigenvalue weighted by molar-refractivity contribution is 0.00578. The maximum Gasteiger partial charge on any atom is 0.494 e. The molecule has 3 rings (SSSR count). The zero-order valence-corrected chi connectivity index (χ0v) is 16.0. The molecule has 0 radical (unpaired) electrons. The van der Waals surface area contributed by atoms with Crippen LogP contribution in [0.5, 0.6) is 0 Å². The topological polar surface area (TPSA) is 50.8 Å². The third-order valence-corrected chi connectivity index (χ3v) is 5.66. The summed E-state index contributed by atoms with van der Waals surface area (Å²) in [6, 6.07) is 5.94. The summed E-state index contributed by atoms with van der Waals surface area (Å²) in [4.78, 5) is 14.3. The lowest BCUT2D eigenvalue weighted by Crippen LogP contribution is -2.41. The Labute approximate surface area is 151 Å². The maximum absolute atomic E-state index is 12.4. The number of carbonyl (C=O) groups is 1. The van der Waals surface area contributed by atoms with Gasteiger partial charge in [-0.05, 0) is 71.0 Å². The van der Waals surface area contributed by atoms with Gasteiger partial charge in [0.25, 0.3) is 0 Å². The fourth-order valence-corrected chi connectivity index (χ4v) is 3.24. The molecule has 0 bridgehead atoms. The van der Waals surface area contributed by atoms with Gasteiger partial charge in [-0.1, -0.05) is 12.1 Å². The van der Waals surface area contributed by atoms with E-state index in [4.69, 9.17) is 9.31 Å². The number of hydrogen-bond acceptors (Lipinski definition) is 3. The molecule has 2 aliphatic heterocycles. The number of nitrogens with one attached hydrogen (secondary N) is 1. The van der Waals surface area contributed by atoms with Crippen LogP contribution in [0, 0.1) is 6.92 Å². The molecule has 6 heteroatoms. The van der Waals surface area contributed by atoms with Crippen molar-refractivity contribution in [3.63, 3.8) is 0 Å². The Morgan fingerprint density at radius 1 is 1.08 bits per heavy atom. The molecule has 0 atom stereocenters. The highest BCUT2D eigenvalue weighted by atomic mass is 16.7. The second-order valence-corrected chi connectivity index (χ2v) is 8.14. The molecule has 0 aromatic heterocycles. The van der Waals surface area contributed by atoms with Gasteiger partial charge in [0.15, 0.2) is 0 Å². The molecule has 2 saturated heterocycles. The van der Waals surface area contributed by atoms with Gasteiger partial charge >= 0.3 is 13.1 Å². The van der Waals surface area contributed by atoms with E-state index in [9.17, 15) is 4.79 Å². The first-order valence-corrected chi connectivity index (χ1v) is 9.22. The van der Waals surface area contributed by atoms with Crippen molar-refractivity contribution in [2.45, 2.75) is 65.1 Å². The van der Waals surface area contributed by atoms with Crippen LogP contribution in [0.15, 0.2) is 18.2 Å². The minimum atomic E-state index is -0.379. The number of benzene rings is 1. The molecule has 2 amide bonds. The molecule has 2 heterocycles. The van der Waals surface area contributed by atoms with Crippen LogP contribution in [0.2, 0.25) is 0 Å². The first-order chi connectivity index (χ1) is 11.7. The zero-order valence-electron chi connectivity index (χ0n) is 16.0. The van der Waals surface area contributed by atoms with E-state index in [0.717, 1.165) is 42.6 Å². The van der Waals surface area contributed by atoms with Crippen molar-refractivity contribution in [3.05, 3.63) is 23.8 Å². The van der Waals surface area contributed by atoms with Crippen LogP contribution in [0.3, 0.4) is 0 Å². The molecular formula is C19H29BN2O3. The third-order valence-electron chi connectivity index (χ3n) is 5.66. The van der Waals surface area contributed by atoms with Crippen molar-refractivity contribution in [2.24, 2.45) is 0 Å². The molecule has 2 fully saturated rings. The molecule has 1 N–H and O–H groups in total. The predicted octanol–water partition coefficient (Wildman–Crippen LogP) is 3.31. The fraction of sp³-hybridized carbons (Fsp3) is 0.632. The van der Waals surface area contributed by atoms with E-state index in [-0.39, 0.29) is 24.4 Å². The highest BCUT2D eigenvalue weighted by Crippen LogP contribution is 2.36. The number of hydrogen-bond donors (Lipinski definition) is 1. The van der Waals surface area contributed by atoms with Crippen molar-refractivity contribution < 1.29 is 14.1 Å². The summed E-state index contributed by atoms with van der Waals surface area (Å²) >= 11 is 0. The Hall–Kier alpha value is -1.53. The Morgan fingerprint density at radius 2 is 1.68 bits per heavy atom. The Morgan fingerprint density at radius 3 is 2.24 bits per heavy atom. The molecule has 0 unspecified atom stereocenters. The second kappa shape index (κ2) is 6.65. The summed E-state index contributed by atoms with van der Waals surface area (Å²) in [6.07, 6.45) is 3.39. The largest absolute Gasteiger partial charge is 0.494 e. The number of rotatable bonds is 2. The van der Waals surface area contributed by atoms with Gasteiger partial charge in [0, 0.05) is 18.8 Å². The van der Waals surface area contributed by atoms with Gasteiger partial charge in [0.2, 0.25) is 0 Å². The normalized spacial score (nSPS) is 22.1. The van der Waals surface area contributed by atoms with Crippen LogP contribution in [0.25, 0.3) is 0 Å². The Bertz CT molecular complexity index is 638. The van der Waals surface area contributed by atoms with Gasteiger partial charge in [-0.25, -0.2) is 4.79 Å². The molecule has 1 aromatic carbocycles. The third kappa shape index (κ3) is 3.70. The van der Waals surface area contributed by atoms with Crippen molar-refractivity contribution in [3.8, 4) is 0 Å². The second-order valence-electron chi connectivity index (χ2n) is 8.14. The molecule has 0 aliphatic carbocycles. The number of likely N-dealkylation sites (tertiary alicyclic amines) is 1. The van der Waals surface area contributed by atoms with Gasteiger partial charge < -0.3 is 19.5 Å². The SMILES string of the molecule is Cc1cc(B2OC(C)(C)C(C)(C)O2)ccc1NC(=O)N1CCCCC1. The molecule has 25 heavy (non-hydrogen) atoms. The zero-order chi connectivity index (χ0) is 18.2. The van der Waals surface area contributed by atoms with E-state index < -0.39 is 0 Å². The number of piperidine rings is 1.